The molecule has 1 aromatic rings. The molecule has 0 spiro atoms. The van der Waals surface area contributed by atoms with Crippen molar-refractivity contribution in [3.05, 3.63) is 28.7 Å². The molecule has 3 unspecified atom stereocenters. The van der Waals surface area contributed by atoms with Gasteiger partial charge in [0, 0.05) is 10.5 Å². The van der Waals surface area contributed by atoms with Gasteiger partial charge in [-0.1, -0.05) is 32.9 Å². The summed E-state index contributed by atoms with van der Waals surface area (Å²) in [4.78, 5) is 0.328. The van der Waals surface area contributed by atoms with E-state index in [4.69, 9.17) is 0 Å². The average Bonchev–Trinajstić information content (AvgIpc) is 2.72. The molecule has 0 saturated heterocycles. The Balaban J connectivity index is 1.90. The highest BCUT2D eigenvalue weighted by atomic mass is 79.9. The fourth-order valence-electron chi connectivity index (χ4n) is 4.30. The number of benzene rings is 1. The first-order chi connectivity index (χ1) is 9.68. The third-order valence-electron chi connectivity index (χ3n) is 6.22. The third kappa shape index (κ3) is 2.20. The molecule has 0 aromatic heterocycles. The highest BCUT2D eigenvalue weighted by molar-refractivity contribution is 9.10. The summed E-state index contributed by atoms with van der Waals surface area (Å²) < 4.78 is 29.0. The van der Waals surface area contributed by atoms with Crippen LogP contribution in [0.5, 0.6) is 0 Å². The predicted octanol–water partition coefficient (Wildman–Crippen LogP) is 3.94. The van der Waals surface area contributed by atoms with Crippen molar-refractivity contribution in [3.8, 4) is 0 Å². The molecule has 2 bridgehead atoms. The van der Waals surface area contributed by atoms with Gasteiger partial charge in [0.25, 0.3) is 0 Å². The van der Waals surface area contributed by atoms with E-state index in [0.29, 0.717) is 15.3 Å². The van der Waals surface area contributed by atoms with Gasteiger partial charge < -0.3 is 0 Å². The minimum Gasteiger partial charge on any atom is -0.207 e. The number of nitrogens with one attached hydrogen (secondary N) is 1. The molecule has 2 aliphatic rings. The molecular weight excluding hydrogens is 350 g/mol. The van der Waals surface area contributed by atoms with Gasteiger partial charge in [-0.05, 0) is 64.1 Å². The zero-order valence-electron chi connectivity index (χ0n) is 12.7. The van der Waals surface area contributed by atoms with Crippen molar-refractivity contribution in [3.63, 3.8) is 0 Å². The maximum atomic E-state index is 12.7. The highest BCUT2D eigenvalue weighted by Gasteiger charge is 2.61. The van der Waals surface area contributed by atoms with Gasteiger partial charge in [-0.2, -0.15) is 0 Å². The molecule has 0 amide bonds. The van der Waals surface area contributed by atoms with Crippen molar-refractivity contribution in [1.29, 1.82) is 0 Å². The van der Waals surface area contributed by atoms with Gasteiger partial charge >= 0.3 is 0 Å². The van der Waals surface area contributed by atoms with Gasteiger partial charge in [0.15, 0.2) is 0 Å². The average molecular weight is 372 g/mol. The minimum absolute atomic E-state index is 0.0309. The van der Waals surface area contributed by atoms with Crippen molar-refractivity contribution in [1.82, 2.24) is 4.72 Å². The third-order valence-corrected chi connectivity index (χ3v) is 8.70. The van der Waals surface area contributed by atoms with Crippen LogP contribution < -0.4 is 4.72 Å². The van der Waals surface area contributed by atoms with Crippen LogP contribution in [0.2, 0.25) is 0 Å². The number of sulfonamides is 1. The Kier molecular flexibility index (Phi) is 3.54. The van der Waals surface area contributed by atoms with Gasteiger partial charge in [-0.3, -0.25) is 0 Å². The number of halogens is 1. The summed E-state index contributed by atoms with van der Waals surface area (Å²) in [6, 6.07) is 7.02. The fourth-order valence-corrected chi connectivity index (χ4v) is 6.66. The van der Waals surface area contributed by atoms with Gasteiger partial charge in [0.1, 0.15) is 0 Å². The van der Waals surface area contributed by atoms with Crippen LogP contribution in [-0.4, -0.2) is 14.5 Å². The highest BCUT2D eigenvalue weighted by Crippen LogP contribution is 2.65. The molecule has 21 heavy (non-hydrogen) atoms. The topological polar surface area (TPSA) is 46.2 Å². The van der Waals surface area contributed by atoms with E-state index in [0.717, 1.165) is 12.8 Å². The maximum absolute atomic E-state index is 12.7. The van der Waals surface area contributed by atoms with E-state index in [-0.39, 0.29) is 16.9 Å². The van der Waals surface area contributed by atoms with Crippen molar-refractivity contribution in [2.45, 2.75) is 51.0 Å². The molecule has 3 nitrogen and oxygen atoms in total. The lowest BCUT2D eigenvalue weighted by Gasteiger charge is -2.39. The molecule has 116 valence electrons. The first-order valence-corrected chi connectivity index (χ1v) is 9.73. The molecule has 3 rings (SSSR count). The van der Waals surface area contributed by atoms with E-state index in [1.807, 2.05) is 6.07 Å². The molecule has 3 atom stereocenters. The summed E-state index contributed by atoms with van der Waals surface area (Å²) in [5, 5.41) is 0. The van der Waals surface area contributed by atoms with Crippen LogP contribution in [0.15, 0.2) is 33.6 Å². The molecule has 5 heteroatoms. The van der Waals surface area contributed by atoms with Gasteiger partial charge in [0.05, 0.1) is 4.90 Å². The van der Waals surface area contributed by atoms with Gasteiger partial charge in [-0.15, -0.1) is 0 Å². The Hall–Kier alpha value is -0.390. The van der Waals surface area contributed by atoms with E-state index in [1.54, 1.807) is 18.2 Å². The summed E-state index contributed by atoms with van der Waals surface area (Å²) in [6.07, 6.45) is 3.28. The Morgan fingerprint density at radius 3 is 2.43 bits per heavy atom. The Morgan fingerprint density at radius 1 is 1.24 bits per heavy atom. The molecule has 1 aromatic carbocycles. The minimum atomic E-state index is -3.48. The lowest BCUT2D eigenvalue weighted by atomic mass is 9.69. The summed E-state index contributed by atoms with van der Waals surface area (Å²) >= 11 is 3.34. The summed E-state index contributed by atoms with van der Waals surface area (Å²) in [7, 11) is -3.48. The normalized spacial score (nSPS) is 34.3. The standard InChI is InChI=1S/C16H22BrNO2S/c1-15(2)11-8-9-16(15,3)14(10-11)18-21(19,20)13-7-5-4-6-12(13)17/h4-7,11,14,18H,8-10H2,1-3H3. The summed E-state index contributed by atoms with van der Waals surface area (Å²) in [6.45, 7) is 6.82. The lowest BCUT2D eigenvalue weighted by molar-refractivity contribution is 0.130. The first kappa shape index (κ1) is 15.5. The first-order valence-electron chi connectivity index (χ1n) is 7.45. The zero-order valence-corrected chi connectivity index (χ0v) is 15.1. The SMILES string of the molecule is CC1(C)C2CCC1(C)C(NS(=O)(=O)c1ccccc1Br)C2. The number of fused-ring (bicyclic) bond motifs is 2. The van der Waals surface area contributed by atoms with Crippen molar-refractivity contribution >= 4 is 26.0 Å². The van der Waals surface area contributed by atoms with Crippen LogP contribution >= 0.6 is 15.9 Å². The Labute approximate surface area is 135 Å². The van der Waals surface area contributed by atoms with Crippen LogP contribution in [0.1, 0.15) is 40.0 Å². The van der Waals surface area contributed by atoms with Crippen LogP contribution in [0.3, 0.4) is 0 Å². The lowest BCUT2D eigenvalue weighted by Crippen LogP contribution is -2.46. The van der Waals surface area contributed by atoms with E-state index >= 15 is 0 Å². The molecule has 2 fully saturated rings. The van der Waals surface area contributed by atoms with Gasteiger partial charge in [0.2, 0.25) is 10.0 Å². The summed E-state index contributed by atoms with van der Waals surface area (Å²) in [5.41, 5.74) is 0.250. The van der Waals surface area contributed by atoms with Crippen LogP contribution in [0.4, 0.5) is 0 Å². The largest absolute Gasteiger partial charge is 0.241 e. The van der Waals surface area contributed by atoms with Crippen molar-refractivity contribution in [2.75, 3.05) is 0 Å². The molecule has 0 aliphatic heterocycles. The molecule has 0 heterocycles. The maximum Gasteiger partial charge on any atom is 0.241 e. The zero-order chi connectivity index (χ0) is 15.5. The molecule has 1 N–H and O–H groups in total. The van der Waals surface area contributed by atoms with Crippen LogP contribution in [0, 0.1) is 16.7 Å². The number of hydrogen-bond donors (Lipinski definition) is 1. The molecule has 2 saturated carbocycles. The Bertz CT molecular complexity index is 671. The second-order valence-electron chi connectivity index (χ2n) is 7.21. The van der Waals surface area contributed by atoms with E-state index in [1.165, 1.54) is 6.42 Å². The van der Waals surface area contributed by atoms with Crippen molar-refractivity contribution < 1.29 is 8.42 Å². The van der Waals surface area contributed by atoms with E-state index in [2.05, 4.69) is 41.4 Å². The van der Waals surface area contributed by atoms with E-state index < -0.39 is 10.0 Å². The number of rotatable bonds is 3. The molecule has 2 aliphatic carbocycles. The van der Waals surface area contributed by atoms with Crippen LogP contribution in [-0.2, 0) is 10.0 Å². The Morgan fingerprint density at radius 2 is 1.90 bits per heavy atom. The smallest absolute Gasteiger partial charge is 0.207 e. The second-order valence-corrected chi connectivity index (χ2v) is 9.75. The predicted molar refractivity (Wildman–Crippen MR) is 87.5 cm³/mol. The molecule has 0 radical (unpaired) electrons. The van der Waals surface area contributed by atoms with Crippen LogP contribution in [0.25, 0.3) is 0 Å². The quantitative estimate of drug-likeness (QED) is 0.874. The molecular formula is C16H22BrNO2S. The summed E-state index contributed by atoms with van der Waals surface area (Å²) in [5.74, 6) is 0.620. The van der Waals surface area contributed by atoms with Crippen molar-refractivity contribution in [2.24, 2.45) is 16.7 Å². The van der Waals surface area contributed by atoms with Gasteiger partial charge in [-0.25, -0.2) is 13.1 Å². The van der Waals surface area contributed by atoms with E-state index in [9.17, 15) is 8.42 Å². The second kappa shape index (κ2) is 4.80. The fraction of sp³-hybridized carbons (Fsp3) is 0.625. The number of hydrogen-bond acceptors (Lipinski definition) is 2. The monoisotopic (exact) mass is 371 g/mol.